The molecule has 2 atom stereocenters. The van der Waals surface area contributed by atoms with E-state index in [1.807, 2.05) is 42.6 Å². The van der Waals surface area contributed by atoms with E-state index in [1.54, 1.807) is 19.1 Å². The second-order valence-electron chi connectivity index (χ2n) is 7.71. The summed E-state index contributed by atoms with van der Waals surface area (Å²) in [6.07, 6.45) is 1.35. The Morgan fingerprint density at radius 3 is 2.32 bits per heavy atom. The molecular weight excluding hydrogens is 454 g/mol. The summed E-state index contributed by atoms with van der Waals surface area (Å²) in [7, 11) is 0. The fraction of sp³-hybridized carbons (Fsp3) is 0.320. The van der Waals surface area contributed by atoms with E-state index in [1.165, 1.54) is 23.5 Å². The zero-order chi connectivity index (χ0) is 24.5. The molecular formula is C25H27N3O5S. The van der Waals surface area contributed by atoms with Gasteiger partial charge in [-0.15, -0.1) is 11.3 Å². The number of nitro groups is 1. The third-order valence-corrected chi connectivity index (χ3v) is 6.31. The van der Waals surface area contributed by atoms with Crippen LogP contribution in [0.5, 0.6) is 0 Å². The number of nitro benzene ring substituents is 1. The van der Waals surface area contributed by atoms with Crippen molar-refractivity contribution in [2.75, 3.05) is 6.61 Å². The minimum atomic E-state index is -1.01. The van der Waals surface area contributed by atoms with Gasteiger partial charge in [-0.05, 0) is 37.3 Å². The van der Waals surface area contributed by atoms with E-state index in [4.69, 9.17) is 4.74 Å². The predicted molar refractivity (Wildman–Crippen MR) is 129 cm³/mol. The van der Waals surface area contributed by atoms with E-state index < -0.39 is 28.8 Å². The number of aromatic nitrogens is 1. The number of hydrogen-bond donors (Lipinski definition) is 1. The standard InChI is InChI=1S/C25H27N3O5S/c1-3-19-16-34-24(26-19)22(15-18-10-12-20(13-11-18)28(31)32)27-23(29)21(25(30)33-4-2)14-17-8-6-5-7-9-17/h5-13,16,21-22H,3-4,14-15H2,1-2H3,(H,27,29). The second-order valence-corrected chi connectivity index (χ2v) is 8.60. The maximum absolute atomic E-state index is 13.3. The van der Waals surface area contributed by atoms with Crippen molar-refractivity contribution in [2.45, 2.75) is 39.2 Å². The molecule has 2 aromatic carbocycles. The number of amides is 1. The van der Waals surface area contributed by atoms with Crippen molar-refractivity contribution >= 4 is 28.9 Å². The first-order valence-corrected chi connectivity index (χ1v) is 12.0. The summed E-state index contributed by atoms with van der Waals surface area (Å²) in [5.74, 6) is -2.03. The van der Waals surface area contributed by atoms with E-state index in [-0.39, 0.29) is 18.7 Å². The fourth-order valence-electron chi connectivity index (χ4n) is 3.48. The minimum Gasteiger partial charge on any atom is -0.465 e. The summed E-state index contributed by atoms with van der Waals surface area (Å²) < 4.78 is 5.18. The summed E-state index contributed by atoms with van der Waals surface area (Å²) in [5, 5.41) is 16.6. The molecule has 1 N–H and O–H groups in total. The maximum Gasteiger partial charge on any atom is 0.318 e. The number of rotatable bonds is 11. The average molecular weight is 482 g/mol. The van der Waals surface area contributed by atoms with Crippen LogP contribution in [0, 0.1) is 16.0 Å². The summed E-state index contributed by atoms with van der Waals surface area (Å²) in [4.78, 5) is 41.1. The molecule has 3 rings (SSSR count). The molecule has 0 saturated carbocycles. The zero-order valence-corrected chi connectivity index (χ0v) is 19.9. The smallest absolute Gasteiger partial charge is 0.318 e. The lowest BCUT2D eigenvalue weighted by atomic mass is 9.97. The molecule has 0 aliphatic carbocycles. The lowest BCUT2D eigenvalue weighted by Crippen LogP contribution is -2.40. The van der Waals surface area contributed by atoms with Gasteiger partial charge in [-0.25, -0.2) is 4.98 Å². The van der Waals surface area contributed by atoms with Crippen LogP contribution in [-0.4, -0.2) is 28.4 Å². The Hall–Kier alpha value is -3.59. The molecule has 2 unspecified atom stereocenters. The number of nitrogens with one attached hydrogen (secondary N) is 1. The molecule has 0 aliphatic heterocycles. The van der Waals surface area contributed by atoms with Crippen molar-refractivity contribution < 1.29 is 19.2 Å². The van der Waals surface area contributed by atoms with Crippen LogP contribution < -0.4 is 5.32 Å². The van der Waals surface area contributed by atoms with Crippen LogP contribution >= 0.6 is 11.3 Å². The Morgan fingerprint density at radius 2 is 1.74 bits per heavy atom. The molecule has 3 aromatic rings. The van der Waals surface area contributed by atoms with Crippen molar-refractivity contribution in [1.29, 1.82) is 0 Å². The molecule has 0 spiro atoms. The van der Waals surface area contributed by atoms with Crippen LogP contribution in [0.3, 0.4) is 0 Å². The lowest BCUT2D eigenvalue weighted by Gasteiger charge is -2.21. The van der Waals surface area contributed by atoms with Gasteiger partial charge in [-0.2, -0.15) is 0 Å². The SMILES string of the molecule is CCOC(=O)C(Cc1ccccc1)C(=O)NC(Cc1ccc([N+](=O)[O-])cc1)c1nc(CC)cs1. The van der Waals surface area contributed by atoms with Crippen LogP contribution in [-0.2, 0) is 33.6 Å². The molecule has 0 aliphatic rings. The number of thiazole rings is 1. The quantitative estimate of drug-likeness (QED) is 0.188. The molecule has 8 nitrogen and oxygen atoms in total. The van der Waals surface area contributed by atoms with E-state index in [0.717, 1.165) is 23.2 Å². The van der Waals surface area contributed by atoms with Crippen molar-refractivity contribution in [3.63, 3.8) is 0 Å². The molecule has 0 saturated heterocycles. The van der Waals surface area contributed by atoms with Gasteiger partial charge in [0.1, 0.15) is 10.9 Å². The molecule has 34 heavy (non-hydrogen) atoms. The van der Waals surface area contributed by atoms with Gasteiger partial charge in [0.05, 0.1) is 23.3 Å². The third kappa shape index (κ3) is 6.71. The number of ether oxygens (including phenoxy) is 1. The third-order valence-electron chi connectivity index (χ3n) is 5.30. The summed E-state index contributed by atoms with van der Waals surface area (Å²) in [6, 6.07) is 15.0. The Labute approximate surface area is 202 Å². The van der Waals surface area contributed by atoms with Crippen molar-refractivity contribution in [2.24, 2.45) is 5.92 Å². The highest BCUT2D eigenvalue weighted by Crippen LogP contribution is 2.25. The minimum absolute atomic E-state index is 0.00269. The number of nitrogens with zero attached hydrogens (tertiary/aromatic N) is 2. The highest BCUT2D eigenvalue weighted by Gasteiger charge is 2.31. The molecule has 1 aromatic heterocycles. The summed E-state index contributed by atoms with van der Waals surface area (Å²) >= 11 is 1.44. The van der Waals surface area contributed by atoms with Crippen molar-refractivity contribution in [3.8, 4) is 0 Å². The number of aryl methyl sites for hydroxylation is 1. The highest BCUT2D eigenvalue weighted by atomic mass is 32.1. The summed E-state index contributed by atoms with van der Waals surface area (Å²) in [6.45, 7) is 3.88. The van der Waals surface area contributed by atoms with Gasteiger partial charge < -0.3 is 10.1 Å². The van der Waals surface area contributed by atoms with Crippen LogP contribution in [0.25, 0.3) is 0 Å². The first-order valence-electron chi connectivity index (χ1n) is 11.1. The normalized spacial score (nSPS) is 12.5. The summed E-state index contributed by atoms with van der Waals surface area (Å²) in [5.41, 5.74) is 2.57. The van der Waals surface area contributed by atoms with Gasteiger partial charge in [0.15, 0.2) is 0 Å². The van der Waals surface area contributed by atoms with E-state index in [0.29, 0.717) is 11.4 Å². The molecule has 0 radical (unpaired) electrons. The molecule has 1 heterocycles. The Bertz CT molecular complexity index is 1120. The lowest BCUT2D eigenvalue weighted by molar-refractivity contribution is -0.384. The van der Waals surface area contributed by atoms with E-state index >= 15 is 0 Å². The van der Waals surface area contributed by atoms with Crippen molar-refractivity contribution in [1.82, 2.24) is 10.3 Å². The van der Waals surface area contributed by atoms with Gasteiger partial charge in [0, 0.05) is 17.5 Å². The average Bonchev–Trinajstić information content (AvgIpc) is 3.32. The monoisotopic (exact) mass is 481 g/mol. The fourth-order valence-corrected chi connectivity index (χ4v) is 4.44. The zero-order valence-electron chi connectivity index (χ0n) is 19.1. The van der Waals surface area contributed by atoms with Crippen LogP contribution in [0.15, 0.2) is 60.0 Å². The largest absolute Gasteiger partial charge is 0.465 e. The maximum atomic E-state index is 13.3. The predicted octanol–water partition coefficient (Wildman–Crippen LogP) is 4.44. The van der Waals surface area contributed by atoms with E-state index in [9.17, 15) is 19.7 Å². The number of benzene rings is 2. The molecule has 1 amide bonds. The molecule has 0 fully saturated rings. The molecule has 178 valence electrons. The molecule has 9 heteroatoms. The Kier molecular flexibility index (Phi) is 8.86. The Morgan fingerprint density at radius 1 is 1.06 bits per heavy atom. The van der Waals surface area contributed by atoms with Gasteiger partial charge in [0.2, 0.25) is 5.91 Å². The van der Waals surface area contributed by atoms with Gasteiger partial charge >= 0.3 is 5.97 Å². The number of hydrogen-bond acceptors (Lipinski definition) is 7. The first-order chi connectivity index (χ1) is 16.4. The van der Waals surface area contributed by atoms with Crippen LogP contribution in [0.4, 0.5) is 5.69 Å². The number of esters is 1. The number of carbonyl (C=O) groups is 2. The topological polar surface area (TPSA) is 111 Å². The van der Waals surface area contributed by atoms with Crippen LogP contribution in [0.1, 0.15) is 41.7 Å². The number of non-ortho nitro benzene ring substituents is 1. The van der Waals surface area contributed by atoms with Gasteiger partial charge in [0.25, 0.3) is 5.69 Å². The first kappa shape index (κ1) is 25.0. The second kappa shape index (κ2) is 12.0. The van der Waals surface area contributed by atoms with Gasteiger partial charge in [-0.1, -0.05) is 49.4 Å². The van der Waals surface area contributed by atoms with E-state index in [2.05, 4.69) is 10.3 Å². The highest BCUT2D eigenvalue weighted by molar-refractivity contribution is 7.09. The van der Waals surface area contributed by atoms with Crippen LogP contribution in [0.2, 0.25) is 0 Å². The Balaban J connectivity index is 1.85. The number of carbonyl (C=O) groups excluding carboxylic acids is 2. The van der Waals surface area contributed by atoms with Crippen molar-refractivity contribution in [3.05, 3.63) is 91.9 Å². The molecule has 0 bridgehead atoms. The van der Waals surface area contributed by atoms with Gasteiger partial charge in [-0.3, -0.25) is 19.7 Å².